The second kappa shape index (κ2) is 5.29. The van der Waals surface area contributed by atoms with E-state index < -0.39 is 6.10 Å². The molecule has 0 spiro atoms. The largest absolute Gasteiger partial charge is 0.495 e. The Morgan fingerprint density at radius 2 is 2.36 bits per heavy atom. The molecule has 4 nitrogen and oxygen atoms in total. The maximum absolute atomic E-state index is 9.80. The number of ether oxygens (including phenoxy) is 1. The molecule has 0 aromatic carbocycles. The quantitative estimate of drug-likeness (QED) is 0.855. The Morgan fingerprint density at radius 1 is 1.64 bits per heavy atom. The van der Waals surface area contributed by atoms with Crippen molar-refractivity contribution in [1.29, 1.82) is 0 Å². The van der Waals surface area contributed by atoms with E-state index in [-0.39, 0.29) is 0 Å². The van der Waals surface area contributed by atoms with Crippen molar-refractivity contribution in [1.82, 2.24) is 4.98 Å². The Morgan fingerprint density at radius 3 is 2.93 bits per heavy atom. The van der Waals surface area contributed by atoms with Gasteiger partial charge in [0.15, 0.2) is 0 Å². The molecule has 78 valence electrons. The van der Waals surface area contributed by atoms with Crippen LogP contribution in [0.25, 0.3) is 0 Å². The van der Waals surface area contributed by atoms with Crippen molar-refractivity contribution in [3.8, 4) is 5.75 Å². The molecule has 0 unspecified atom stereocenters. The van der Waals surface area contributed by atoms with Gasteiger partial charge in [-0.05, 0) is 28.9 Å². The highest BCUT2D eigenvalue weighted by Gasteiger charge is 2.16. The molecule has 3 N–H and O–H groups in total. The number of rotatable bonds is 4. The summed E-state index contributed by atoms with van der Waals surface area (Å²) in [5.41, 5.74) is 6.08. The van der Waals surface area contributed by atoms with Crippen LogP contribution < -0.4 is 10.5 Å². The van der Waals surface area contributed by atoms with E-state index >= 15 is 0 Å². The molecular weight excluding hydrogens is 248 g/mol. The van der Waals surface area contributed by atoms with Crippen LogP contribution in [-0.4, -0.2) is 23.7 Å². The summed E-state index contributed by atoms with van der Waals surface area (Å²) >= 11 is 3.32. The lowest BCUT2D eigenvalue weighted by molar-refractivity contribution is 0.165. The summed E-state index contributed by atoms with van der Waals surface area (Å²) in [4.78, 5) is 3.94. The SMILES string of the molecule is COc1cncc(Br)c1[C@H](O)CCN. The van der Waals surface area contributed by atoms with Crippen LogP contribution >= 0.6 is 15.9 Å². The van der Waals surface area contributed by atoms with Gasteiger partial charge in [-0.15, -0.1) is 0 Å². The van der Waals surface area contributed by atoms with Crippen LogP contribution in [0.3, 0.4) is 0 Å². The number of aliphatic hydroxyl groups is 1. The molecule has 0 amide bonds. The molecule has 1 rings (SSSR count). The van der Waals surface area contributed by atoms with Gasteiger partial charge in [-0.3, -0.25) is 4.98 Å². The van der Waals surface area contributed by atoms with Crippen molar-refractivity contribution in [2.75, 3.05) is 13.7 Å². The van der Waals surface area contributed by atoms with Gasteiger partial charge in [-0.25, -0.2) is 0 Å². The first-order valence-corrected chi connectivity index (χ1v) is 5.05. The smallest absolute Gasteiger partial charge is 0.144 e. The number of hydrogen-bond donors (Lipinski definition) is 2. The van der Waals surface area contributed by atoms with Crippen LogP contribution in [0.1, 0.15) is 18.1 Å². The molecule has 0 fully saturated rings. The van der Waals surface area contributed by atoms with Crippen LogP contribution in [0.5, 0.6) is 5.75 Å². The number of methoxy groups -OCH3 is 1. The summed E-state index contributed by atoms with van der Waals surface area (Å²) in [5.74, 6) is 0.570. The lowest BCUT2D eigenvalue weighted by Crippen LogP contribution is -2.08. The molecular formula is C9H13BrN2O2. The zero-order chi connectivity index (χ0) is 10.6. The normalized spacial score (nSPS) is 12.6. The molecule has 0 saturated carbocycles. The molecule has 0 saturated heterocycles. The number of aliphatic hydroxyl groups excluding tert-OH is 1. The predicted molar refractivity (Wildman–Crippen MR) is 57.1 cm³/mol. The monoisotopic (exact) mass is 260 g/mol. The highest BCUT2D eigenvalue weighted by Crippen LogP contribution is 2.32. The van der Waals surface area contributed by atoms with Crippen molar-refractivity contribution >= 4 is 15.9 Å². The molecule has 1 heterocycles. The van der Waals surface area contributed by atoms with Gasteiger partial charge >= 0.3 is 0 Å². The highest BCUT2D eigenvalue weighted by molar-refractivity contribution is 9.10. The van der Waals surface area contributed by atoms with Crippen LogP contribution in [0.4, 0.5) is 0 Å². The number of pyridine rings is 1. The molecule has 1 atom stereocenters. The minimum Gasteiger partial charge on any atom is -0.495 e. The van der Waals surface area contributed by atoms with E-state index in [2.05, 4.69) is 20.9 Å². The summed E-state index contributed by atoms with van der Waals surface area (Å²) in [5, 5.41) is 9.80. The van der Waals surface area contributed by atoms with E-state index in [1.165, 1.54) is 0 Å². The average Bonchev–Trinajstić information content (AvgIpc) is 2.17. The molecule has 5 heteroatoms. The molecule has 0 aliphatic carbocycles. The summed E-state index contributed by atoms with van der Waals surface area (Å²) in [6.07, 6.45) is 3.07. The number of aromatic nitrogens is 1. The minimum absolute atomic E-state index is 0.430. The van der Waals surface area contributed by atoms with Gasteiger partial charge in [0, 0.05) is 16.2 Å². The van der Waals surface area contributed by atoms with E-state index in [1.807, 2.05) is 0 Å². The van der Waals surface area contributed by atoms with E-state index in [4.69, 9.17) is 10.5 Å². The van der Waals surface area contributed by atoms with Gasteiger partial charge in [-0.1, -0.05) is 0 Å². The molecule has 0 bridgehead atoms. The van der Waals surface area contributed by atoms with Crippen LogP contribution in [0.15, 0.2) is 16.9 Å². The zero-order valence-electron chi connectivity index (χ0n) is 7.90. The van der Waals surface area contributed by atoms with Crippen LogP contribution in [0.2, 0.25) is 0 Å². The van der Waals surface area contributed by atoms with Crippen molar-refractivity contribution in [3.63, 3.8) is 0 Å². The van der Waals surface area contributed by atoms with E-state index in [0.29, 0.717) is 24.3 Å². The minimum atomic E-state index is -0.618. The summed E-state index contributed by atoms with van der Waals surface area (Å²) < 4.78 is 5.83. The number of nitrogens with two attached hydrogens (primary N) is 1. The summed E-state index contributed by atoms with van der Waals surface area (Å²) in [7, 11) is 1.54. The fraction of sp³-hybridized carbons (Fsp3) is 0.444. The van der Waals surface area contributed by atoms with Gasteiger partial charge in [0.1, 0.15) is 5.75 Å². The summed E-state index contributed by atoms with van der Waals surface area (Å²) in [6.45, 7) is 0.430. The zero-order valence-corrected chi connectivity index (χ0v) is 9.49. The standard InChI is InChI=1S/C9H13BrN2O2/c1-14-8-5-12-4-6(10)9(8)7(13)2-3-11/h4-5,7,13H,2-3,11H2,1H3/t7-/m1/s1. The Kier molecular flexibility index (Phi) is 4.31. The van der Waals surface area contributed by atoms with Gasteiger partial charge in [-0.2, -0.15) is 0 Å². The molecule has 0 radical (unpaired) electrons. The molecule has 1 aromatic heterocycles. The molecule has 1 aromatic rings. The first kappa shape index (κ1) is 11.4. The van der Waals surface area contributed by atoms with Crippen LogP contribution in [0, 0.1) is 0 Å². The maximum atomic E-state index is 9.80. The van der Waals surface area contributed by atoms with Gasteiger partial charge < -0.3 is 15.6 Å². The second-order valence-electron chi connectivity index (χ2n) is 2.83. The predicted octanol–water partition coefficient (Wildman–Crippen LogP) is 1.23. The maximum Gasteiger partial charge on any atom is 0.144 e. The average molecular weight is 261 g/mol. The number of hydrogen-bond acceptors (Lipinski definition) is 4. The van der Waals surface area contributed by atoms with Gasteiger partial charge in [0.2, 0.25) is 0 Å². The molecule has 0 aliphatic rings. The Hall–Kier alpha value is -0.650. The van der Waals surface area contributed by atoms with Crippen LogP contribution in [-0.2, 0) is 0 Å². The fourth-order valence-corrected chi connectivity index (χ4v) is 1.79. The Bertz CT molecular complexity index is 307. The lowest BCUT2D eigenvalue weighted by Gasteiger charge is -2.14. The first-order valence-electron chi connectivity index (χ1n) is 4.26. The van der Waals surface area contributed by atoms with E-state index in [9.17, 15) is 5.11 Å². The second-order valence-corrected chi connectivity index (χ2v) is 3.68. The summed E-state index contributed by atoms with van der Waals surface area (Å²) in [6, 6.07) is 0. The third-order valence-electron chi connectivity index (χ3n) is 1.90. The van der Waals surface area contributed by atoms with Gasteiger partial charge in [0.25, 0.3) is 0 Å². The molecule has 14 heavy (non-hydrogen) atoms. The van der Waals surface area contributed by atoms with E-state index in [0.717, 1.165) is 4.47 Å². The molecule has 0 aliphatic heterocycles. The van der Waals surface area contributed by atoms with Crippen molar-refractivity contribution in [3.05, 3.63) is 22.4 Å². The first-order chi connectivity index (χ1) is 6.70. The topological polar surface area (TPSA) is 68.4 Å². The third kappa shape index (κ3) is 2.43. The lowest BCUT2D eigenvalue weighted by atomic mass is 10.1. The highest BCUT2D eigenvalue weighted by atomic mass is 79.9. The Labute approximate surface area is 91.2 Å². The Balaban J connectivity index is 3.03. The van der Waals surface area contributed by atoms with E-state index in [1.54, 1.807) is 19.5 Å². The van der Waals surface area contributed by atoms with Crippen molar-refractivity contribution in [2.24, 2.45) is 5.73 Å². The van der Waals surface area contributed by atoms with Gasteiger partial charge in [0.05, 0.1) is 19.4 Å². The fourth-order valence-electron chi connectivity index (χ4n) is 1.22. The van der Waals surface area contributed by atoms with Crippen molar-refractivity contribution < 1.29 is 9.84 Å². The number of nitrogens with zero attached hydrogens (tertiary/aromatic N) is 1. The van der Waals surface area contributed by atoms with Crippen molar-refractivity contribution in [2.45, 2.75) is 12.5 Å². The number of halogens is 1. The third-order valence-corrected chi connectivity index (χ3v) is 2.53.